The molecule has 6 aliphatic rings. The van der Waals surface area contributed by atoms with E-state index in [9.17, 15) is 48.0 Å². The highest BCUT2D eigenvalue weighted by atomic mass is 19.4. The monoisotopic (exact) mass is 650 g/mol. The number of nitrogens with one attached hydrogen (secondary N) is 1. The Hall–Kier alpha value is -3.86. The summed E-state index contributed by atoms with van der Waals surface area (Å²) in [4.78, 5) is 43.1. The molecule has 16 heteroatoms. The number of ether oxygens (including phenoxy) is 2. The van der Waals surface area contributed by atoms with Gasteiger partial charge in [0.2, 0.25) is 5.78 Å². The number of fused-ring (bicyclic) bond motifs is 8. The number of ketones is 2. The lowest BCUT2D eigenvalue weighted by molar-refractivity contribution is -0.275. The van der Waals surface area contributed by atoms with Crippen molar-refractivity contribution >= 4 is 28.9 Å². The van der Waals surface area contributed by atoms with E-state index in [1.807, 2.05) is 0 Å². The number of hydrogen-bond acceptors (Lipinski definition) is 12. The van der Waals surface area contributed by atoms with E-state index in [-0.39, 0.29) is 41.6 Å². The lowest BCUT2D eigenvalue weighted by atomic mass is 9.57. The Morgan fingerprint density at radius 3 is 2.57 bits per heavy atom. The minimum absolute atomic E-state index is 0.0558. The average molecular weight is 651 g/mol. The second kappa shape index (κ2) is 10.1. The van der Waals surface area contributed by atoms with Crippen LogP contribution in [0.25, 0.3) is 5.76 Å². The number of halogens is 3. The zero-order valence-electron chi connectivity index (χ0n) is 24.8. The number of aliphatic hydroxyl groups is 3. The van der Waals surface area contributed by atoms with Crippen LogP contribution in [0.1, 0.15) is 35.6 Å². The van der Waals surface area contributed by atoms with Gasteiger partial charge in [0.1, 0.15) is 22.8 Å². The molecule has 7 N–H and O–H groups in total. The Bertz CT molecular complexity index is 1660. The number of amides is 1. The van der Waals surface area contributed by atoms with Crippen LogP contribution in [-0.2, 0) is 25.5 Å². The SMILES string of the molecule is CN(C)[C@H]1C(=O)C(C(N)=O)=C(O)[C@]2(O)C(=O)C3=C(O)c4c(O)c5c(c(OC(F)(F)F)c4C[C@@H]3C[C@H]12)C1C(CN5)CC2COCCN21. The number of benzene rings is 1. The van der Waals surface area contributed by atoms with Gasteiger partial charge in [0.15, 0.2) is 17.1 Å². The number of hydrogen-bond donors (Lipinski definition) is 6. The highest BCUT2D eigenvalue weighted by molar-refractivity contribution is 6.24. The van der Waals surface area contributed by atoms with Crippen molar-refractivity contribution in [1.29, 1.82) is 0 Å². The lowest BCUT2D eigenvalue weighted by Gasteiger charge is -2.50. The Labute approximate surface area is 260 Å². The van der Waals surface area contributed by atoms with Crippen LogP contribution in [-0.4, -0.2) is 112 Å². The summed E-state index contributed by atoms with van der Waals surface area (Å²) in [6.07, 6.45) is -5.14. The Balaban J connectivity index is 1.45. The molecule has 3 aliphatic heterocycles. The van der Waals surface area contributed by atoms with Crippen molar-refractivity contribution in [1.82, 2.24) is 9.80 Å². The zero-order chi connectivity index (χ0) is 33.2. The van der Waals surface area contributed by atoms with Crippen LogP contribution >= 0.6 is 0 Å². The Morgan fingerprint density at radius 2 is 1.91 bits per heavy atom. The number of morpholine rings is 1. The third-order valence-corrected chi connectivity index (χ3v) is 10.6. The molecule has 3 fully saturated rings. The molecule has 3 unspecified atom stereocenters. The molecule has 1 amide bonds. The predicted molar refractivity (Wildman–Crippen MR) is 152 cm³/mol. The Morgan fingerprint density at radius 1 is 1.20 bits per heavy atom. The molecule has 1 saturated carbocycles. The van der Waals surface area contributed by atoms with Gasteiger partial charge >= 0.3 is 6.36 Å². The van der Waals surface area contributed by atoms with E-state index in [1.54, 1.807) is 0 Å². The molecule has 7 atom stereocenters. The van der Waals surface area contributed by atoms with Gasteiger partial charge in [-0.15, -0.1) is 13.2 Å². The smallest absolute Gasteiger partial charge is 0.508 e. The van der Waals surface area contributed by atoms with Gasteiger partial charge in [0.05, 0.1) is 30.5 Å². The molecule has 1 aromatic rings. The molecule has 13 nitrogen and oxygen atoms in total. The van der Waals surface area contributed by atoms with Crippen molar-refractivity contribution in [3.05, 3.63) is 33.6 Å². The minimum Gasteiger partial charge on any atom is -0.508 e. The summed E-state index contributed by atoms with van der Waals surface area (Å²) in [5.41, 5.74) is 0.404. The van der Waals surface area contributed by atoms with Crippen LogP contribution in [0.3, 0.4) is 0 Å². The topological polar surface area (TPSA) is 195 Å². The number of primary amides is 1. The molecule has 0 bridgehead atoms. The van der Waals surface area contributed by atoms with E-state index >= 15 is 0 Å². The first-order valence-electron chi connectivity index (χ1n) is 15.0. The van der Waals surface area contributed by atoms with E-state index in [1.165, 1.54) is 19.0 Å². The summed E-state index contributed by atoms with van der Waals surface area (Å²) < 4.78 is 52.7. The first-order chi connectivity index (χ1) is 21.6. The number of rotatable bonds is 3. The van der Waals surface area contributed by atoms with Gasteiger partial charge in [-0.3, -0.25) is 24.2 Å². The minimum atomic E-state index is -5.16. The van der Waals surface area contributed by atoms with Gasteiger partial charge in [0, 0.05) is 47.8 Å². The van der Waals surface area contributed by atoms with Gasteiger partial charge in [-0.1, -0.05) is 0 Å². The van der Waals surface area contributed by atoms with Crippen molar-refractivity contribution < 1.29 is 57.5 Å². The maximum absolute atomic E-state index is 14.1. The molecular weight excluding hydrogens is 617 g/mol. The third kappa shape index (κ3) is 4.06. The number of aliphatic hydroxyl groups excluding tert-OH is 2. The molecule has 46 heavy (non-hydrogen) atoms. The number of anilines is 1. The number of aromatic hydroxyl groups is 1. The van der Waals surface area contributed by atoms with Crippen LogP contribution in [0.5, 0.6) is 11.5 Å². The van der Waals surface area contributed by atoms with E-state index in [0.29, 0.717) is 32.7 Å². The number of carbonyl (C=O) groups is 3. The molecule has 3 aliphatic carbocycles. The van der Waals surface area contributed by atoms with E-state index in [2.05, 4.69) is 10.2 Å². The zero-order valence-corrected chi connectivity index (χ0v) is 24.8. The number of nitrogens with two attached hydrogens (primary N) is 1. The maximum atomic E-state index is 14.1. The van der Waals surface area contributed by atoms with Gasteiger partial charge < -0.3 is 41.0 Å². The summed E-state index contributed by atoms with van der Waals surface area (Å²) in [6.45, 7) is 1.53. The van der Waals surface area contributed by atoms with Crippen molar-refractivity contribution in [3.8, 4) is 11.5 Å². The highest BCUT2D eigenvalue weighted by Gasteiger charge is 2.64. The summed E-state index contributed by atoms with van der Waals surface area (Å²) in [6, 6.07) is -1.95. The van der Waals surface area contributed by atoms with Gasteiger partial charge in [-0.05, 0) is 45.2 Å². The molecule has 248 valence electrons. The number of alkyl halides is 3. The standard InChI is InChI=1S/C30H33F3N4O9/c1-36(2)21-14-7-10-6-13-16(22(38)15(10)26(41)29(14,44)27(42)18(24(21)40)28(34)43)23(39)19-17(25(13)46-30(31,32)33)20-11(8-35-19)5-12-9-45-4-3-37(12)20/h10-12,14,20-21,35,38-39,42,44H,3-9H2,1-2H3,(H2,34,43)/t10-,11?,12?,14-,20?,21-,29-/m1/s1. The normalized spacial score (nSPS) is 33.9. The highest BCUT2D eigenvalue weighted by Crippen LogP contribution is 2.60. The first kappa shape index (κ1) is 30.8. The van der Waals surface area contributed by atoms with Crippen molar-refractivity contribution in [2.75, 3.05) is 45.7 Å². The average Bonchev–Trinajstić information content (AvgIpc) is 3.35. The van der Waals surface area contributed by atoms with Crippen LogP contribution < -0.4 is 15.8 Å². The molecule has 0 radical (unpaired) electrons. The lowest BCUT2D eigenvalue weighted by Crippen LogP contribution is -2.65. The molecular formula is C30H33F3N4O9. The molecule has 3 heterocycles. The van der Waals surface area contributed by atoms with Crippen LogP contribution in [0, 0.1) is 17.8 Å². The molecule has 7 rings (SSSR count). The first-order valence-corrected chi connectivity index (χ1v) is 15.0. The predicted octanol–water partition coefficient (Wildman–Crippen LogP) is 1.05. The molecule has 2 saturated heterocycles. The van der Waals surface area contributed by atoms with Crippen molar-refractivity contribution in [2.45, 2.75) is 49.4 Å². The number of phenolic OH excluding ortho intramolecular Hbond substituents is 1. The second-order valence-corrected chi connectivity index (χ2v) is 13.1. The summed E-state index contributed by atoms with van der Waals surface area (Å²) in [5, 5.41) is 49.1. The van der Waals surface area contributed by atoms with Crippen molar-refractivity contribution in [3.63, 3.8) is 0 Å². The third-order valence-electron chi connectivity index (χ3n) is 10.6. The number of phenols is 1. The fourth-order valence-electron chi connectivity index (χ4n) is 8.88. The van der Waals surface area contributed by atoms with E-state index in [4.69, 9.17) is 15.2 Å². The number of carbonyl (C=O) groups excluding carboxylic acids is 3. The van der Waals surface area contributed by atoms with Gasteiger partial charge in [0.25, 0.3) is 5.91 Å². The second-order valence-electron chi connectivity index (χ2n) is 13.1. The largest absolute Gasteiger partial charge is 0.573 e. The van der Waals surface area contributed by atoms with Crippen LogP contribution in [0.2, 0.25) is 0 Å². The molecule has 1 aromatic carbocycles. The van der Waals surface area contributed by atoms with E-state index < -0.39 is 93.1 Å². The quantitative estimate of drug-likeness (QED) is 0.201. The van der Waals surface area contributed by atoms with Gasteiger partial charge in [-0.25, -0.2) is 0 Å². The Kier molecular flexibility index (Phi) is 6.74. The number of likely N-dealkylation sites (N-methyl/N-ethyl adjacent to an activating group) is 1. The summed E-state index contributed by atoms with van der Waals surface area (Å²) in [7, 11) is 2.91. The molecule has 0 aromatic heterocycles. The molecule has 0 spiro atoms. The van der Waals surface area contributed by atoms with Crippen LogP contribution in [0.4, 0.5) is 18.9 Å². The maximum Gasteiger partial charge on any atom is 0.573 e. The van der Waals surface area contributed by atoms with Crippen molar-refractivity contribution in [2.24, 2.45) is 23.5 Å². The van der Waals surface area contributed by atoms with Gasteiger partial charge in [-0.2, -0.15) is 0 Å². The number of Topliss-reactive ketones (excluding diaryl/α,β-unsaturated/α-hetero) is 2. The van der Waals surface area contributed by atoms with E-state index in [0.717, 1.165) is 0 Å². The number of nitrogens with zero attached hydrogens (tertiary/aromatic N) is 2. The summed E-state index contributed by atoms with van der Waals surface area (Å²) >= 11 is 0. The summed E-state index contributed by atoms with van der Waals surface area (Å²) in [5.74, 6) is -9.49. The van der Waals surface area contributed by atoms with Crippen LogP contribution in [0.15, 0.2) is 16.9 Å². The fourth-order valence-corrected chi connectivity index (χ4v) is 8.88. The fraction of sp³-hybridized carbons (Fsp3) is 0.567.